The third kappa shape index (κ3) is 6.90. The molecule has 0 aliphatic carbocycles. The zero-order chi connectivity index (χ0) is 24.6. The van der Waals surface area contributed by atoms with E-state index in [-0.39, 0.29) is 23.9 Å². The summed E-state index contributed by atoms with van der Waals surface area (Å²) in [6.45, 7) is 1.14. The van der Waals surface area contributed by atoms with Gasteiger partial charge in [0.2, 0.25) is 21.8 Å². The van der Waals surface area contributed by atoms with Crippen LogP contribution in [-0.4, -0.2) is 44.7 Å². The first-order valence-electron chi connectivity index (χ1n) is 10.6. The van der Waals surface area contributed by atoms with Crippen LogP contribution in [0.5, 0.6) is 5.75 Å². The van der Waals surface area contributed by atoms with E-state index in [1.165, 1.54) is 26.2 Å². The summed E-state index contributed by atoms with van der Waals surface area (Å²) >= 11 is 0. The van der Waals surface area contributed by atoms with Crippen molar-refractivity contribution in [2.45, 2.75) is 18.2 Å². The number of anilines is 2. The van der Waals surface area contributed by atoms with Gasteiger partial charge in [-0.05, 0) is 54.4 Å². The minimum atomic E-state index is -3.95. The van der Waals surface area contributed by atoms with Gasteiger partial charge in [0, 0.05) is 24.8 Å². The Labute approximate surface area is 199 Å². The van der Waals surface area contributed by atoms with Gasteiger partial charge < -0.3 is 15.4 Å². The SMILES string of the molecule is COc1ccc(S(=O)(=O)N(CCc2ccccc2)CC(=O)Nc2cccc(NC(C)=O)c2)cc1. The zero-order valence-corrected chi connectivity index (χ0v) is 19.8. The summed E-state index contributed by atoms with van der Waals surface area (Å²) in [6.07, 6.45) is 0.446. The molecule has 9 heteroatoms. The van der Waals surface area contributed by atoms with Gasteiger partial charge >= 0.3 is 0 Å². The Morgan fingerprint density at radius 3 is 2.15 bits per heavy atom. The van der Waals surface area contributed by atoms with Crippen LogP contribution in [0.3, 0.4) is 0 Å². The van der Waals surface area contributed by atoms with E-state index >= 15 is 0 Å². The zero-order valence-electron chi connectivity index (χ0n) is 19.0. The molecule has 3 aromatic rings. The average Bonchev–Trinajstić information content (AvgIpc) is 2.82. The summed E-state index contributed by atoms with van der Waals surface area (Å²) in [4.78, 5) is 24.2. The number of hydrogen-bond donors (Lipinski definition) is 2. The molecule has 0 spiro atoms. The van der Waals surface area contributed by atoms with Crippen LogP contribution < -0.4 is 15.4 Å². The number of sulfonamides is 1. The molecule has 3 rings (SSSR count). The van der Waals surface area contributed by atoms with E-state index in [2.05, 4.69) is 10.6 Å². The van der Waals surface area contributed by atoms with Crippen molar-refractivity contribution in [3.05, 3.63) is 84.4 Å². The van der Waals surface area contributed by atoms with Crippen LogP contribution in [0.1, 0.15) is 12.5 Å². The highest BCUT2D eigenvalue weighted by molar-refractivity contribution is 7.89. The number of nitrogens with zero attached hydrogens (tertiary/aromatic N) is 1. The fourth-order valence-electron chi connectivity index (χ4n) is 3.32. The summed E-state index contributed by atoms with van der Waals surface area (Å²) in [5, 5.41) is 5.36. The summed E-state index contributed by atoms with van der Waals surface area (Å²) in [6, 6.07) is 22.2. The molecule has 0 aromatic heterocycles. The molecule has 0 aliphatic heterocycles. The van der Waals surface area contributed by atoms with Crippen LogP contribution in [0.2, 0.25) is 0 Å². The molecular formula is C25H27N3O5S. The van der Waals surface area contributed by atoms with Crippen molar-refractivity contribution in [3.63, 3.8) is 0 Å². The highest BCUT2D eigenvalue weighted by Crippen LogP contribution is 2.21. The van der Waals surface area contributed by atoms with E-state index in [0.717, 1.165) is 9.87 Å². The lowest BCUT2D eigenvalue weighted by atomic mass is 10.1. The maximum Gasteiger partial charge on any atom is 0.243 e. The largest absolute Gasteiger partial charge is 0.497 e. The Bertz CT molecular complexity index is 1230. The van der Waals surface area contributed by atoms with Crippen molar-refractivity contribution in [2.75, 3.05) is 30.8 Å². The molecule has 34 heavy (non-hydrogen) atoms. The molecule has 3 aromatic carbocycles. The number of amides is 2. The average molecular weight is 482 g/mol. The van der Waals surface area contributed by atoms with Gasteiger partial charge in [0.05, 0.1) is 18.6 Å². The fourth-order valence-corrected chi connectivity index (χ4v) is 4.72. The van der Waals surface area contributed by atoms with Gasteiger partial charge in [-0.25, -0.2) is 8.42 Å². The second-order valence-corrected chi connectivity index (χ2v) is 9.50. The van der Waals surface area contributed by atoms with Crippen molar-refractivity contribution in [1.82, 2.24) is 4.31 Å². The third-order valence-electron chi connectivity index (χ3n) is 4.98. The molecule has 0 saturated heterocycles. The van der Waals surface area contributed by atoms with Gasteiger partial charge in [-0.1, -0.05) is 36.4 Å². The van der Waals surface area contributed by atoms with Gasteiger partial charge in [-0.15, -0.1) is 0 Å². The second-order valence-electron chi connectivity index (χ2n) is 7.56. The molecule has 0 fully saturated rings. The molecule has 2 N–H and O–H groups in total. The van der Waals surface area contributed by atoms with Gasteiger partial charge in [0.15, 0.2) is 0 Å². The molecule has 8 nitrogen and oxygen atoms in total. The van der Waals surface area contributed by atoms with Gasteiger partial charge in [-0.2, -0.15) is 4.31 Å². The number of methoxy groups -OCH3 is 1. The molecule has 178 valence electrons. The molecule has 0 heterocycles. The van der Waals surface area contributed by atoms with Gasteiger partial charge in [-0.3, -0.25) is 9.59 Å². The minimum Gasteiger partial charge on any atom is -0.497 e. The quantitative estimate of drug-likeness (QED) is 0.461. The predicted molar refractivity (Wildman–Crippen MR) is 131 cm³/mol. The first-order valence-corrected chi connectivity index (χ1v) is 12.1. The Balaban J connectivity index is 1.79. The topological polar surface area (TPSA) is 105 Å². The van der Waals surface area contributed by atoms with E-state index < -0.39 is 15.9 Å². The fraction of sp³-hybridized carbons (Fsp3) is 0.200. The van der Waals surface area contributed by atoms with Crippen molar-refractivity contribution in [3.8, 4) is 5.75 Å². The maximum atomic E-state index is 13.4. The summed E-state index contributed by atoms with van der Waals surface area (Å²) in [5.74, 6) is -0.196. The van der Waals surface area contributed by atoms with E-state index in [9.17, 15) is 18.0 Å². The number of carbonyl (C=O) groups is 2. The van der Waals surface area contributed by atoms with E-state index in [4.69, 9.17) is 4.74 Å². The van der Waals surface area contributed by atoms with Crippen molar-refractivity contribution in [1.29, 1.82) is 0 Å². The monoisotopic (exact) mass is 481 g/mol. The first-order chi connectivity index (χ1) is 16.3. The van der Waals surface area contributed by atoms with Gasteiger partial charge in [0.25, 0.3) is 0 Å². The Morgan fingerprint density at radius 2 is 1.53 bits per heavy atom. The van der Waals surface area contributed by atoms with E-state index in [0.29, 0.717) is 23.5 Å². The molecule has 0 saturated carbocycles. The Kier molecular flexibility index (Phi) is 8.39. The number of benzene rings is 3. The lowest BCUT2D eigenvalue weighted by Gasteiger charge is -2.22. The standard InChI is InChI=1S/C25H27N3O5S/c1-19(29)26-21-9-6-10-22(17-21)27-25(30)18-28(16-15-20-7-4-3-5-8-20)34(31,32)24-13-11-23(33-2)12-14-24/h3-14,17H,15-16,18H2,1-2H3,(H,26,29)(H,27,30). The number of ether oxygens (including phenoxy) is 1. The molecule has 0 unspecified atom stereocenters. The van der Waals surface area contributed by atoms with Crippen molar-refractivity contribution >= 4 is 33.2 Å². The predicted octanol–water partition coefficient (Wildman–Crippen LogP) is 3.53. The lowest BCUT2D eigenvalue weighted by molar-refractivity contribution is -0.116. The number of hydrogen-bond acceptors (Lipinski definition) is 5. The Hall–Kier alpha value is -3.69. The molecule has 0 aliphatic rings. The summed E-state index contributed by atoms with van der Waals surface area (Å²) < 4.78 is 33.0. The third-order valence-corrected chi connectivity index (χ3v) is 6.84. The summed E-state index contributed by atoms with van der Waals surface area (Å²) in [5.41, 5.74) is 1.93. The van der Waals surface area contributed by atoms with Crippen LogP contribution in [-0.2, 0) is 26.0 Å². The normalized spacial score (nSPS) is 11.1. The second kappa shape index (κ2) is 11.4. The Morgan fingerprint density at radius 1 is 0.882 bits per heavy atom. The van der Waals surface area contributed by atoms with E-state index in [1.54, 1.807) is 36.4 Å². The smallest absolute Gasteiger partial charge is 0.243 e. The van der Waals surface area contributed by atoms with E-state index in [1.807, 2.05) is 30.3 Å². The molecule has 0 radical (unpaired) electrons. The van der Waals surface area contributed by atoms with Crippen LogP contribution in [0, 0.1) is 0 Å². The number of nitrogens with one attached hydrogen (secondary N) is 2. The van der Waals surface area contributed by atoms with Crippen LogP contribution >= 0.6 is 0 Å². The minimum absolute atomic E-state index is 0.0711. The van der Waals surface area contributed by atoms with Gasteiger partial charge in [0.1, 0.15) is 5.75 Å². The summed E-state index contributed by atoms with van der Waals surface area (Å²) in [7, 11) is -2.45. The lowest BCUT2D eigenvalue weighted by Crippen LogP contribution is -2.39. The number of rotatable bonds is 10. The highest BCUT2D eigenvalue weighted by Gasteiger charge is 2.26. The van der Waals surface area contributed by atoms with Crippen molar-refractivity contribution < 1.29 is 22.7 Å². The number of carbonyl (C=O) groups excluding carboxylic acids is 2. The first kappa shape index (κ1) is 24.9. The maximum absolute atomic E-state index is 13.4. The van der Waals surface area contributed by atoms with Crippen molar-refractivity contribution in [2.24, 2.45) is 0 Å². The molecule has 0 bridgehead atoms. The van der Waals surface area contributed by atoms with Crippen LogP contribution in [0.15, 0.2) is 83.8 Å². The molecule has 0 atom stereocenters. The van der Waals surface area contributed by atoms with Crippen LogP contribution in [0.4, 0.5) is 11.4 Å². The highest BCUT2D eigenvalue weighted by atomic mass is 32.2. The molecule has 2 amide bonds. The van der Waals surface area contributed by atoms with Crippen LogP contribution in [0.25, 0.3) is 0 Å². The molecular weight excluding hydrogens is 454 g/mol.